The summed E-state index contributed by atoms with van der Waals surface area (Å²) in [6, 6.07) is 12.0. The van der Waals surface area contributed by atoms with E-state index < -0.39 is 24.8 Å². The number of rotatable bonds is 8. The van der Waals surface area contributed by atoms with Gasteiger partial charge in [0.2, 0.25) is 0 Å². The van der Waals surface area contributed by atoms with Crippen molar-refractivity contribution in [3.8, 4) is 11.5 Å². The van der Waals surface area contributed by atoms with E-state index in [4.69, 9.17) is 9.47 Å². The number of nitrogens with one attached hydrogen (secondary N) is 1. The van der Waals surface area contributed by atoms with E-state index in [-0.39, 0.29) is 12.3 Å². The Kier molecular flexibility index (Phi) is 7.64. The Morgan fingerprint density at radius 3 is 2.21 bits per heavy atom. The molecule has 154 valence electrons. The van der Waals surface area contributed by atoms with Crippen LogP contribution in [0.3, 0.4) is 0 Å². The average Bonchev–Trinajstić information content (AvgIpc) is 2.69. The van der Waals surface area contributed by atoms with Crippen LogP contribution in [0, 0.1) is 0 Å². The standard InChI is InChI=1S/C20H18F3NO5/c1-27-16-7-4-15(5-8-16)12-24-18(25)13-28-19(26)11-6-14-2-9-17(10-3-14)29-20(21,22)23/h2-11H,12-13H2,1H3,(H,24,25)/b11-6+. The number of carbonyl (C=O) groups excluding carboxylic acids is 2. The van der Waals surface area contributed by atoms with Crippen molar-refractivity contribution < 1.29 is 37.0 Å². The van der Waals surface area contributed by atoms with E-state index in [1.54, 1.807) is 31.4 Å². The van der Waals surface area contributed by atoms with Gasteiger partial charge in [0.05, 0.1) is 7.11 Å². The minimum atomic E-state index is -4.77. The van der Waals surface area contributed by atoms with Crippen LogP contribution in [-0.2, 0) is 20.9 Å². The van der Waals surface area contributed by atoms with Crippen LogP contribution in [0.25, 0.3) is 6.08 Å². The molecule has 0 aliphatic heterocycles. The van der Waals surface area contributed by atoms with Gasteiger partial charge in [-0.2, -0.15) is 0 Å². The molecule has 0 bridgehead atoms. The molecule has 0 atom stereocenters. The number of alkyl halides is 3. The van der Waals surface area contributed by atoms with E-state index in [1.165, 1.54) is 18.2 Å². The number of benzene rings is 2. The molecule has 0 fully saturated rings. The molecule has 0 aliphatic rings. The van der Waals surface area contributed by atoms with Crippen molar-refractivity contribution in [1.82, 2.24) is 5.32 Å². The maximum absolute atomic E-state index is 12.1. The smallest absolute Gasteiger partial charge is 0.497 e. The van der Waals surface area contributed by atoms with E-state index in [0.29, 0.717) is 11.3 Å². The van der Waals surface area contributed by atoms with Crippen LogP contribution < -0.4 is 14.8 Å². The van der Waals surface area contributed by atoms with Crippen LogP contribution in [-0.4, -0.2) is 32.0 Å². The molecule has 2 aromatic rings. The minimum Gasteiger partial charge on any atom is -0.497 e. The second kappa shape index (κ2) is 10.2. The van der Waals surface area contributed by atoms with E-state index in [1.807, 2.05) is 0 Å². The summed E-state index contributed by atoms with van der Waals surface area (Å²) in [5.74, 6) is -0.912. The fourth-order valence-electron chi connectivity index (χ4n) is 2.12. The highest BCUT2D eigenvalue weighted by atomic mass is 19.4. The molecule has 0 aromatic heterocycles. The molecule has 29 heavy (non-hydrogen) atoms. The van der Waals surface area contributed by atoms with E-state index >= 15 is 0 Å². The number of ether oxygens (including phenoxy) is 3. The fraction of sp³-hybridized carbons (Fsp3) is 0.200. The van der Waals surface area contributed by atoms with Crippen molar-refractivity contribution in [2.24, 2.45) is 0 Å². The SMILES string of the molecule is COc1ccc(CNC(=O)COC(=O)/C=C/c2ccc(OC(F)(F)F)cc2)cc1. The number of methoxy groups -OCH3 is 1. The number of amides is 1. The number of esters is 1. The van der Waals surface area contributed by atoms with E-state index in [2.05, 4.69) is 10.1 Å². The number of carbonyl (C=O) groups is 2. The summed E-state index contributed by atoms with van der Waals surface area (Å²) in [6.45, 7) is -0.194. The van der Waals surface area contributed by atoms with Gasteiger partial charge in [-0.15, -0.1) is 13.2 Å². The molecule has 1 N–H and O–H groups in total. The Morgan fingerprint density at radius 2 is 1.62 bits per heavy atom. The number of hydrogen-bond acceptors (Lipinski definition) is 5. The Balaban J connectivity index is 1.73. The lowest BCUT2D eigenvalue weighted by Gasteiger charge is -2.08. The molecule has 0 unspecified atom stereocenters. The lowest BCUT2D eigenvalue weighted by atomic mass is 10.2. The lowest BCUT2D eigenvalue weighted by Crippen LogP contribution is -2.28. The molecule has 0 saturated heterocycles. The molecular formula is C20H18F3NO5. The Labute approximate surface area is 164 Å². The first-order valence-corrected chi connectivity index (χ1v) is 8.35. The van der Waals surface area contributed by atoms with Crippen molar-refractivity contribution in [2.45, 2.75) is 12.9 Å². The highest BCUT2D eigenvalue weighted by Crippen LogP contribution is 2.23. The van der Waals surface area contributed by atoms with Crippen LogP contribution in [0.1, 0.15) is 11.1 Å². The largest absolute Gasteiger partial charge is 0.573 e. The molecule has 1 amide bonds. The second-order valence-electron chi connectivity index (χ2n) is 5.68. The zero-order chi connectivity index (χ0) is 21.3. The van der Waals surface area contributed by atoms with Gasteiger partial charge in [-0.25, -0.2) is 4.79 Å². The molecule has 0 radical (unpaired) electrons. The Bertz CT molecular complexity index is 846. The van der Waals surface area contributed by atoms with Gasteiger partial charge in [-0.1, -0.05) is 24.3 Å². The first-order chi connectivity index (χ1) is 13.7. The van der Waals surface area contributed by atoms with Crippen LogP contribution in [0.5, 0.6) is 11.5 Å². The van der Waals surface area contributed by atoms with Crippen LogP contribution in [0.4, 0.5) is 13.2 Å². The van der Waals surface area contributed by atoms with Gasteiger partial charge in [-0.3, -0.25) is 4.79 Å². The predicted octanol–water partition coefficient (Wildman–Crippen LogP) is 3.47. The van der Waals surface area contributed by atoms with Gasteiger partial charge in [-0.05, 0) is 41.5 Å². The molecule has 2 rings (SSSR count). The van der Waals surface area contributed by atoms with Gasteiger partial charge >= 0.3 is 12.3 Å². The van der Waals surface area contributed by atoms with E-state index in [0.717, 1.165) is 23.8 Å². The molecule has 0 saturated carbocycles. The summed E-state index contributed by atoms with van der Waals surface area (Å²) < 4.78 is 49.9. The van der Waals surface area contributed by atoms with Crippen LogP contribution in [0.2, 0.25) is 0 Å². The third kappa shape index (κ3) is 8.37. The topological polar surface area (TPSA) is 73.9 Å². The zero-order valence-corrected chi connectivity index (χ0v) is 15.4. The molecular weight excluding hydrogens is 391 g/mol. The first kappa shape index (κ1) is 21.8. The number of hydrogen-bond donors (Lipinski definition) is 1. The van der Waals surface area contributed by atoms with Gasteiger partial charge in [0.25, 0.3) is 5.91 Å². The average molecular weight is 409 g/mol. The summed E-state index contributed by atoms with van der Waals surface area (Å²) in [6.07, 6.45) is -2.36. The van der Waals surface area contributed by atoms with Gasteiger partial charge in [0.15, 0.2) is 6.61 Å². The summed E-state index contributed by atoms with van der Waals surface area (Å²) in [4.78, 5) is 23.4. The summed E-state index contributed by atoms with van der Waals surface area (Å²) in [5.41, 5.74) is 1.31. The van der Waals surface area contributed by atoms with Gasteiger partial charge in [0, 0.05) is 12.6 Å². The molecule has 6 nitrogen and oxygen atoms in total. The molecule has 2 aromatic carbocycles. The van der Waals surface area contributed by atoms with Crippen molar-refractivity contribution in [2.75, 3.05) is 13.7 Å². The third-order valence-corrected chi connectivity index (χ3v) is 3.52. The monoisotopic (exact) mass is 409 g/mol. The fourth-order valence-corrected chi connectivity index (χ4v) is 2.12. The molecule has 0 spiro atoms. The Morgan fingerprint density at radius 1 is 1.00 bits per heavy atom. The first-order valence-electron chi connectivity index (χ1n) is 8.35. The third-order valence-electron chi connectivity index (χ3n) is 3.52. The highest BCUT2D eigenvalue weighted by Gasteiger charge is 2.30. The maximum Gasteiger partial charge on any atom is 0.573 e. The predicted molar refractivity (Wildman–Crippen MR) is 98.0 cm³/mol. The minimum absolute atomic E-state index is 0.266. The van der Waals surface area contributed by atoms with Crippen molar-refractivity contribution in [3.63, 3.8) is 0 Å². The van der Waals surface area contributed by atoms with Crippen molar-refractivity contribution in [1.29, 1.82) is 0 Å². The summed E-state index contributed by atoms with van der Waals surface area (Å²) in [7, 11) is 1.55. The lowest BCUT2D eigenvalue weighted by molar-refractivity contribution is -0.274. The second-order valence-corrected chi connectivity index (χ2v) is 5.68. The van der Waals surface area contributed by atoms with Crippen molar-refractivity contribution >= 4 is 18.0 Å². The summed E-state index contributed by atoms with van der Waals surface area (Å²) >= 11 is 0. The van der Waals surface area contributed by atoms with Crippen molar-refractivity contribution in [3.05, 3.63) is 65.7 Å². The Hall–Kier alpha value is -3.49. The van der Waals surface area contributed by atoms with Crippen LogP contribution in [0.15, 0.2) is 54.6 Å². The zero-order valence-electron chi connectivity index (χ0n) is 15.4. The molecule has 9 heteroatoms. The molecule has 0 heterocycles. The van der Waals surface area contributed by atoms with Crippen LogP contribution >= 0.6 is 0 Å². The normalized spacial score (nSPS) is 11.2. The highest BCUT2D eigenvalue weighted by molar-refractivity contribution is 5.89. The van der Waals surface area contributed by atoms with Gasteiger partial charge in [0.1, 0.15) is 11.5 Å². The van der Waals surface area contributed by atoms with Gasteiger partial charge < -0.3 is 19.5 Å². The number of halogens is 3. The quantitative estimate of drug-likeness (QED) is 0.534. The summed E-state index contributed by atoms with van der Waals surface area (Å²) in [5, 5.41) is 2.60. The van der Waals surface area contributed by atoms with E-state index in [9.17, 15) is 22.8 Å². The maximum atomic E-state index is 12.1. The molecule has 0 aliphatic carbocycles.